The molecular weight excluding hydrogens is 170 g/mol. The lowest BCUT2D eigenvalue weighted by Gasteiger charge is -2.27. The van der Waals surface area contributed by atoms with E-state index in [0.29, 0.717) is 6.61 Å². The van der Waals surface area contributed by atoms with Gasteiger partial charge in [0.15, 0.2) is 0 Å². The molecule has 0 bridgehead atoms. The van der Waals surface area contributed by atoms with E-state index < -0.39 is 0 Å². The number of amides is 1. The van der Waals surface area contributed by atoms with Crippen LogP contribution in [0.4, 0.5) is 0 Å². The van der Waals surface area contributed by atoms with E-state index in [9.17, 15) is 4.79 Å². The van der Waals surface area contributed by atoms with Crippen molar-refractivity contribution >= 4 is 5.91 Å². The van der Waals surface area contributed by atoms with Gasteiger partial charge in [-0.05, 0) is 20.3 Å². The Bertz CT molecular complexity index is 203. The third kappa shape index (κ3) is 2.00. The Morgan fingerprint density at radius 1 is 1.62 bits per heavy atom. The molecule has 1 rings (SSSR count). The highest BCUT2D eigenvalue weighted by Crippen LogP contribution is 2.32. The third-order valence-electron chi connectivity index (χ3n) is 2.60. The van der Waals surface area contributed by atoms with Crippen molar-refractivity contribution in [1.29, 1.82) is 0 Å². The quantitative estimate of drug-likeness (QED) is 0.601. The minimum absolute atomic E-state index is 0.00926. The Morgan fingerprint density at radius 3 is 2.62 bits per heavy atom. The van der Waals surface area contributed by atoms with Gasteiger partial charge in [0.1, 0.15) is 0 Å². The van der Waals surface area contributed by atoms with Gasteiger partial charge in [0, 0.05) is 13.7 Å². The normalized spacial score (nSPS) is 26.0. The zero-order chi connectivity index (χ0) is 10.1. The molecule has 0 unspecified atom stereocenters. The molecule has 13 heavy (non-hydrogen) atoms. The molecule has 0 aliphatic carbocycles. The lowest BCUT2D eigenvalue weighted by Crippen LogP contribution is -2.40. The summed E-state index contributed by atoms with van der Waals surface area (Å²) in [7, 11) is 3.11. The molecule has 0 N–H and O–H groups in total. The molecule has 1 atom stereocenters. The Hall–Kier alpha value is -0.610. The van der Waals surface area contributed by atoms with Gasteiger partial charge in [-0.15, -0.1) is 0 Å². The number of nitrogens with zero attached hydrogens (tertiary/aromatic N) is 1. The second-order valence-corrected chi connectivity index (χ2v) is 3.81. The molecule has 4 heteroatoms. The van der Waals surface area contributed by atoms with Crippen molar-refractivity contribution in [3.8, 4) is 0 Å². The van der Waals surface area contributed by atoms with Crippen LogP contribution in [-0.4, -0.2) is 37.3 Å². The van der Waals surface area contributed by atoms with Crippen molar-refractivity contribution in [2.45, 2.75) is 25.9 Å². The van der Waals surface area contributed by atoms with Crippen LogP contribution in [-0.2, 0) is 14.4 Å². The van der Waals surface area contributed by atoms with Gasteiger partial charge in [-0.3, -0.25) is 9.63 Å². The van der Waals surface area contributed by atoms with Crippen LogP contribution in [0.15, 0.2) is 0 Å². The van der Waals surface area contributed by atoms with Crippen LogP contribution in [0.5, 0.6) is 0 Å². The summed E-state index contributed by atoms with van der Waals surface area (Å²) in [6.45, 7) is 4.53. The number of hydroxylamine groups is 2. The molecule has 0 spiro atoms. The van der Waals surface area contributed by atoms with E-state index in [1.807, 2.05) is 13.8 Å². The highest BCUT2D eigenvalue weighted by atomic mass is 16.7. The topological polar surface area (TPSA) is 38.8 Å². The number of hydrogen-bond acceptors (Lipinski definition) is 3. The van der Waals surface area contributed by atoms with Crippen molar-refractivity contribution in [1.82, 2.24) is 5.06 Å². The zero-order valence-electron chi connectivity index (χ0n) is 8.66. The lowest BCUT2D eigenvalue weighted by atomic mass is 9.90. The van der Waals surface area contributed by atoms with Gasteiger partial charge in [0.2, 0.25) is 0 Å². The maximum Gasteiger partial charge on any atom is 0.251 e. The van der Waals surface area contributed by atoms with Crippen LogP contribution in [0, 0.1) is 5.92 Å². The summed E-state index contributed by atoms with van der Waals surface area (Å²) >= 11 is 0. The van der Waals surface area contributed by atoms with Crippen molar-refractivity contribution in [3.63, 3.8) is 0 Å². The van der Waals surface area contributed by atoms with Crippen LogP contribution >= 0.6 is 0 Å². The fourth-order valence-corrected chi connectivity index (χ4v) is 1.62. The number of hydrogen-bond donors (Lipinski definition) is 0. The Labute approximate surface area is 78.8 Å². The fraction of sp³-hybridized carbons (Fsp3) is 0.889. The van der Waals surface area contributed by atoms with E-state index in [0.717, 1.165) is 6.42 Å². The second kappa shape index (κ2) is 3.64. The summed E-state index contributed by atoms with van der Waals surface area (Å²) in [6, 6.07) is 0. The molecule has 0 saturated carbocycles. The first-order chi connectivity index (χ1) is 5.99. The minimum Gasteiger partial charge on any atom is -0.375 e. The predicted octanol–water partition coefficient (Wildman–Crippen LogP) is 0.821. The van der Waals surface area contributed by atoms with E-state index in [1.54, 1.807) is 7.05 Å². The van der Waals surface area contributed by atoms with E-state index in [2.05, 4.69) is 0 Å². The summed E-state index contributed by atoms with van der Waals surface area (Å²) < 4.78 is 5.47. The summed E-state index contributed by atoms with van der Waals surface area (Å²) in [4.78, 5) is 16.6. The first-order valence-corrected chi connectivity index (χ1v) is 4.44. The van der Waals surface area contributed by atoms with Crippen LogP contribution in [0.3, 0.4) is 0 Å². The van der Waals surface area contributed by atoms with E-state index in [4.69, 9.17) is 9.57 Å². The van der Waals surface area contributed by atoms with Crippen LogP contribution < -0.4 is 0 Å². The smallest absolute Gasteiger partial charge is 0.251 e. The van der Waals surface area contributed by atoms with E-state index in [-0.39, 0.29) is 17.4 Å². The molecular formula is C9H17NO3. The molecule has 1 heterocycles. The number of carbonyl (C=O) groups excluding carboxylic acids is 1. The number of rotatable bonds is 2. The standard InChI is InChI=1S/C9H17NO3/c1-9(2)7(5-6-13-9)8(11)10(3)12-4/h7H,5-6H2,1-4H3/t7-/m1/s1. The molecule has 76 valence electrons. The van der Waals surface area contributed by atoms with Gasteiger partial charge in [0.05, 0.1) is 18.6 Å². The van der Waals surface area contributed by atoms with Gasteiger partial charge in [0.25, 0.3) is 5.91 Å². The largest absolute Gasteiger partial charge is 0.375 e. The first kappa shape index (κ1) is 10.5. The molecule has 1 aliphatic rings. The Balaban J connectivity index is 2.66. The van der Waals surface area contributed by atoms with Crippen molar-refractivity contribution < 1.29 is 14.4 Å². The molecule has 1 fully saturated rings. The third-order valence-corrected chi connectivity index (χ3v) is 2.60. The minimum atomic E-state index is -0.357. The van der Waals surface area contributed by atoms with Gasteiger partial charge in [-0.25, -0.2) is 5.06 Å². The Morgan fingerprint density at radius 2 is 2.23 bits per heavy atom. The highest BCUT2D eigenvalue weighted by Gasteiger charge is 2.42. The summed E-state index contributed by atoms with van der Waals surface area (Å²) in [6.07, 6.45) is 0.777. The van der Waals surface area contributed by atoms with Gasteiger partial charge < -0.3 is 4.74 Å². The fourth-order valence-electron chi connectivity index (χ4n) is 1.62. The predicted molar refractivity (Wildman–Crippen MR) is 47.9 cm³/mol. The zero-order valence-corrected chi connectivity index (χ0v) is 8.66. The summed E-state index contributed by atoms with van der Waals surface area (Å²) in [5.74, 6) is -0.0950. The number of carbonyl (C=O) groups is 1. The Kier molecular flexibility index (Phi) is 2.93. The maximum atomic E-state index is 11.7. The van der Waals surface area contributed by atoms with Crippen molar-refractivity contribution in [3.05, 3.63) is 0 Å². The number of ether oxygens (including phenoxy) is 1. The molecule has 1 amide bonds. The van der Waals surface area contributed by atoms with Gasteiger partial charge in [-0.2, -0.15) is 0 Å². The van der Waals surface area contributed by atoms with Crippen LogP contribution in [0.1, 0.15) is 20.3 Å². The summed E-state index contributed by atoms with van der Waals surface area (Å²) in [5.41, 5.74) is -0.357. The lowest BCUT2D eigenvalue weighted by molar-refractivity contribution is -0.177. The molecule has 0 aromatic heterocycles. The SMILES string of the molecule is CON(C)C(=O)[C@H]1CCOC1(C)C. The summed E-state index contributed by atoms with van der Waals surface area (Å²) in [5, 5.41) is 1.26. The van der Waals surface area contributed by atoms with E-state index in [1.165, 1.54) is 12.2 Å². The molecule has 1 saturated heterocycles. The van der Waals surface area contributed by atoms with Crippen LogP contribution in [0.25, 0.3) is 0 Å². The molecule has 0 aromatic rings. The first-order valence-electron chi connectivity index (χ1n) is 4.44. The van der Waals surface area contributed by atoms with Crippen molar-refractivity contribution in [2.24, 2.45) is 5.92 Å². The van der Waals surface area contributed by atoms with Gasteiger partial charge in [-0.1, -0.05) is 0 Å². The van der Waals surface area contributed by atoms with Gasteiger partial charge >= 0.3 is 0 Å². The highest BCUT2D eigenvalue weighted by molar-refractivity contribution is 5.79. The average molecular weight is 187 g/mol. The van der Waals surface area contributed by atoms with E-state index >= 15 is 0 Å². The monoisotopic (exact) mass is 187 g/mol. The molecule has 0 radical (unpaired) electrons. The second-order valence-electron chi connectivity index (χ2n) is 3.81. The average Bonchev–Trinajstić information content (AvgIpc) is 2.42. The van der Waals surface area contributed by atoms with Crippen LogP contribution in [0.2, 0.25) is 0 Å². The molecule has 1 aliphatic heterocycles. The maximum absolute atomic E-state index is 11.7. The van der Waals surface area contributed by atoms with Crippen molar-refractivity contribution in [2.75, 3.05) is 20.8 Å². The molecule has 4 nitrogen and oxygen atoms in total. The molecule has 0 aromatic carbocycles.